The topological polar surface area (TPSA) is 90.7 Å². The van der Waals surface area contributed by atoms with Crippen molar-refractivity contribution in [3.05, 3.63) is 60.6 Å². The van der Waals surface area contributed by atoms with E-state index >= 15 is 0 Å². The van der Waals surface area contributed by atoms with Crippen molar-refractivity contribution in [3.63, 3.8) is 0 Å². The fraction of sp³-hybridized carbons (Fsp3) is 0.346. The van der Waals surface area contributed by atoms with Gasteiger partial charge in [0.1, 0.15) is 11.8 Å². The van der Waals surface area contributed by atoms with E-state index in [1.165, 1.54) is 6.33 Å². The van der Waals surface area contributed by atoms with Gasteiger partial charge in [-0.3, -0.25) is 4.79 Å². The minimum Gasteiger partial charge on any atom is -0.382 e. The number of ether oxygens (including phenoxy) is 1. The van der Waals surface area contributed by atoms with Gasteiger partial charge in [-0.15, -0.1) is 0 Å². The number of anilines is 1. The van der Waals surface area contributed by atoms with Gasteiger partial charge in [-0.1, -0.05) is 12.1 Å². The minimum absolute atomic E-state index is 0.105. The first-order valence-electron chi connectivity index (χ1n) is 11.9. The van der Waals surface area contributed by atoms with Gasteiger partial charge in [0.15, 0.2) is 5.82 Å². The number of hydrogen-bond donors (Lipinski definition) is 1. The number of hydrogen-bond acceptors (Lipinski definition) is 5. The maximum absolute atomic E-state index is 13.7. The number of carbonyl (C=O) groups excluding carboxylic acids is 1. The van der Waals surface area contributed by atoms with E-state index in [4.69, 9.17) is 10.5 Å². The molecule has 4 heterocycles. The van der Waals surface area contributed by atoms with Crippen molar-refractivity contribution in [2.45, 2.75) is 37.8 Å². The van der Waals surface area contributed by atoms with E-state index in [1.807, 2.05) is 58.7 Å². The number of carbonyl (C=O) groups is 1. The maximum Gasteiger partial charge on any atom is 0.254 e. The van der Waals surface area contributed by atoms with Crippen LogP contribution in [0.1, 0.15) is 36.0 Å². The summed E-state index contributed by atoms with van der Waals surface area (Å²) in [6.45, 7) is 1.45. The number of amides is 1. The van der Waals surface area contributed by atoms with Gasteiger partial charge in [0.25, 0.3) is 5.91 Å². The average molecular weight is 457 g/mol. The van der Waals surface area contributed by atoms with Crippen molar-refractivity contribution < 1.29 is 9.53 Å². The molecule has 1 saturated carbocycles. The highest BCUT2D eigenvalue weighted by Crippen LogP contribution is 2.36. The van der Waals surface area contributed by atoms with Gasteiger partial charge in [-0.2, -0.15) is 5.10 Å². The Bertz CT molecular complexity index is 1360. The number of aryl methyl sites for hydroxylation is 1. The van der Waals surface area contributed by atoms with Crippen molar-refractivity contribution in [3.8, 4) is 22.5 Å². The van der Waals surface area contributed by atoms with Crippen LogP contribution in [-0.2, 0) is 11.8 Å². The van der Waals surface area contributed by atoms with E-state index < -0.39 is 0 Å². The van der Waals surface area contributed by atoms with E-state index in [1.54, 1.807) is 0 Å². The lowest BCUT2D eigenvalue weighted by atomic mass is 10.0. The smallest absolute Gasteiger partial charge is 0.254 e. The van der Waals surface area contributed by atoms with Crippen molar-refractivity contribution in [2.24, 2.45) is 7.05 Å². The Hall–Kier alpha value is -3.65. The van der Waals surface area contributed by atoms with Crippen molar-refractivity contribution in [2.75, 3.05) is 18.9 Å². The molecule has 2 N–H and O–H groups in total. The van der Waals surface area contributed by atoms with Crippen LogP contribution >= 0.6 is 0 Å². The maximum atomic E-state index is 13.7. The molecule has 34 heavy (non-hydrogen) atoms. The number of aromatic nitrogens is 4. The van der Waals surface area contributed by atoms with Crippen molar-refractivity contribution >= 4 is 17.2 Å². The lowest BCUT2D eigenvalue weighted by molar-refractivity contribution is 0.0267. The molecule has 0 spiro atoms. The molecule has 8 heteroatoms. The molecule has 2 aliphatic rings. The second kappa shape index (κ2) is 8.29. The monoisotopic (exact) mass is 456 g/mol. The van der Waals surface area contributed by atoms with E-state index in [-0.39, 0.29) is 11.9 Å². The zero-order valence-corrected chi connectivity index (χ0v) is 19.2. The fourth-order valence-corrected chi connectivity index (χ4v) is 5.12. The molecule has 1 aromatic carbocycles. The van der Waals surface area contributed by atoms with Crippen LogP contribution in [0.15, 0.2) is 55.0 Å². The first kappa shape index (κ1) is 20.9. The van der Waals surface area contributed by atoms with E-state index in [0.717, 1.165) is 66.9 Å². The summed E-state index contributed by atoms with van der Waals surface area (Å²) in [6.07, 6.45) is 7.45. The summed E-state index contributed by atoms with van der Waals surface area (Å²) in [4.78, 5) is 20.0. The standard InChI is InChI=1S/C26H28N6O2/c1-30-11-3-6-22(30)21-15-23(32-24(21)25(27)28-16-29-32)17-4-2-5-18(14-17)26(33)31(19-7-8-19)20-9-12-34-13-10-20/h2-6,11,14-16,19-20H,7-10,12-13H2,1H3,(H2,27,28,29). The van der Waals surface area contributed by atoms with E-state index in [9.17, 15) is 4.79 Å². The second-order valence-electron chi connectivity index (χ2n) is 9.22. The van der Waals surface area contributed by atoms with Crippen LogP contribution in [0.4, 0.5) is 5.82 Å². The number of nitrogens with zero attached hydrogens (tertiary/aromatic N) is 5. The lowest BCUT2D eigenvalue weighted by Gasteiger charge is -2.34. The third kappa shape index (κ3) is 3.54. The number of nitrogens with two attached hydrogens (primary N) is 1. The minimum atomic E-state index is 0.105. The van der Waals surface area contributed by atoms with Gasteiger partial charge < -0.3 is 19.9 Å². The molecule has 0 atom stereocenters. The molecule has 0 unspecified atom stereocenters. The average Bonchev–Trinajstić information content (AvgIpc) is 3.47. The predicted octanol–water partition coefficient (Wildman–Crippen LogP) is 3.77. The number of rotatable bonds is 5. The van der Waals surface area contributed by atoms with Crippen LogP contribution in [0.2, 0.25) is 0 Å². The van der Waals surface area contributed by atoms with Crippen LogP contribution in [0.25, 0.3) is 28.0 Å². The summed E-state index contributed by atoms with van der Waals surface area (Å²) in [5, 5.41) is 4.51. The molecule has 1 amide bonds. The van der Waals surface area contributed by atoms with E-state index in [2.05, 4.69) is 21.0 Å². The highest BCUT2D eigenvalue weighted by molar-refractivity contribution is 5.97. The second-order valence-corrected chi connectivity index (χ2v) is 9.22. The highest BCUT2D eigenvalue weighted by atomic mass is 16.5. The zero-order valence-electron chi connectivity index (χ0n) is 19.2. The van der Waals surface area contributed by atoms with Crippen LogP contribution in [-0.4, -0.2) is 55.3 Å². The Kier molecular flexibility index (Phi) is 5.10. The molecule has 3 aromatic heterocycles. The third-order valence-corrected chi connectivity index (χ3v) is 6.97. The normalized spacial score (nSPS) is 16.7. The van der Waals surface area contributed by atoms with Crippen LogP contribution in [0.5, 0.6) is 0 Å². The largest absolute Gasteiger partial charge is 0.382 e. The molecule has 4 aromatic rings. The van der Waals surface area contributed by atoms with Crippen molar-refractivity contribution in [1.82, 2.24) is 24.1 Å². The first-order valence-corrected chi connectivity index (χ1v) is 11.9. The molecular formula is C26H28N6O2. The number of nitrogen functional groups attached to an aromatic ring is 1. The van der Waals surface area contributed by atoms with Crippen molar-refractivity contribution in [1.29, 1.82) is 0 Å². The Morgan fingerprint density at radius 1 is 1.06 bits per heavy atom. The quantitative estimate of drug-likeness (QED) is 0.494. The molecule has 8 nitrogen and oxygen atoms in total. The molecule has 1 aliphatic heterocycles. The highest BCUT2D eigenvalue weighted by Gasteiger charge is 2.38. The molecule has 6 rings (SSSR count). The van der Waals surface area contributed by atoms with E-state index in [0.29, 0.717) is 17.4 Å². The van der Waals surface area contributed by atoms with Gasteiger partial charge >= 0.3 is 0 Å². The molecule has 1 aliphatic carbocycles. The van der Waals surface area contributed by atoms with Crippen LogP contribution in [0, 0.1) is 0 Å². The molecule has 0 radical (unpaired) electrons. The summed E-state index contributed by atoms with van der Waals surface area (Å²) in [7, 11) is 2.00. The van der Waals surface area contributed by atoms with Gasteiger partial charge in [-0.05, 0) is 56.0 Å². The molecule has 2 fully saturated rings. The summed E-state index contributed by atoms with van der Waals surface area (Å²) in [5.41, 5.74) is 11.5. The Balaban J connectivity index is 1.42. The Labute approximate surface area is 198 Å². The fourth-order valence-electron chi connectivity index (χ4n) is 5.12. The van der Waals surface area contributed by atoms with Gasteiger partial charge in [0.2, 0.25) is 0 Å². The SMILES string of the molecule is Cn1cccc1-c1cc(-c2cccc(C(=O)N(C3CCOCC3)C3CC3)c2)n2ncnc(N)c12. The third-order valence-electron chi connectivity index (χ3n) is 6.97. The van der Waals surface area contributed by atoms with Gasteiger partial charge in [-0.25, -0.2) is 9.50 Å². The molecule has 1 saturated heterocycles. The van der Waals surface area contributed by atoms with Crippen LogP contribution < -0.4 is 5.73 Å². The van der Waals surface area contributed by atoms with Gasteiger partial charge in [0.05, 0.1) is 11.4 Å². The zero-order chi connectivity index (χ0) is 23.2. The predicted molar refractivity (Wildman–Crippen MR) is 130 cm³/mol. The Morgan fingerprint density at radius 3 is 2.59 bits per heavy atom. The van der Waals surface area contributed by atoms with Crippen LogP contribution in [0.3, 0.4) is 0 Å². The summed E-state index contributed by atoms with van der Waals surface area (Å²) >= 11 is 0. The summed E-state index contributed by atoms with van der Waals surface area (Å²) < 4.78 is 9.41. The molecule has 0 bridgehead atoms. The first-order chi connectivity index (χ1) is 16.6. The van der Waals surface area contributed by atoms with Gasteiger partial charge in [0, 0.05) is 55.2 Å². The Morgan fingerprint density at radius 2 is 1.85 bits per heavy atom. The number of fused-ring (bicyclic) bond motifs is 1. The molecular weight excluding hydrogens is 428 g/mol. The summed E-state index contributed by atoms with van der Waals surface area (Å²) in [5.74, 6) is 0.526. The summed E-state index contributed by atoms with van der Waals surface area (Å²) in [6, 6.07) is 14.6. The number of benzene rings is 1. The molecule has 174 valence electrons. The lowest BCUT2D eigenvalue weighted by Crippen LogP contribution is -2.44.